The number of nitrogens with zero attached hydrogens (tertiary/aromatic N) is 2. The number of nitrogen functional groups attached to an aromatic ring is 1. The Bertz CT molecular complexity index is 924. The van der Waals surface area contributed by atoms with Crippen molar-refractivity contribution in [2.45, 2.75) is 46.1 Å². The van der Waals surface area contributed by atoms with Gasteiger partial charge in [-0.25, -0.2) is 0 Å². The molecule has 5 N–H and O–H groups in total. The zero-order valence-corrected chi connectivity index (χ0v) is 17.9. The molecule has 7 heteroatoms. The van der Waals surface area contributed by atoms with E-state index in [2.05, 4.69) is 4.99 Å². The number of anilines is 1. The first kappa shape index (κ1) is 21.7. The third-order valence-corrected chi connectivity index (χ3v) is 6.52. The maximum atomic E-state index is 13.1. The van der Waals surface area contributed by atoms with Crippen molar-refractivity contribution in [2.24, 2.45) is 22.1 Å². The quantitative estimate of drug-likeness (QED) is 0.524. The molecule has 2 aliphatic rings. The molecule has 2 fully saturated rings. The van der Waals surface area contributed by atoms with Gasteiger partial charge in [0.1, 0.15) is 5.71 Å². The molecule has 160 valence electrons. The number of carbonyl (C=O) groups excluding carboxylic acids is 2. The molecule has 1 atom stereocenters. The Morgan fingerprint density at radius 1 is 1.33 bits per heavy atom. The molecule has 7 nitrogen and oxygen atoms in total. The largest absolute Gasteiger partial charge is 0.404 e. The topological polar surface area (TPSA) is 126 Å². The van der Waals surface area contributed by atoms with Gasteiger partial charge in [-0.05, 0) is 68.5 Å². The Balaban J connectivity index is 1.78. The third kappa shape index (κ3) is 3.88. The average Bonchev–Trinajstić information content (AvgIpc) is 2.74. The van der Waals surface area contributed by atoms with E-state index in [0.29, 0.717) is 42.0 Å². The van der Waals surface area contributed by atoms with Crippen molar-refractivity contribution in [3.05, 3.63) is 41.1 Å². The van der Waals surface area contributed by atoms with E-state index in [1.807, 2.05) is 25.7 Å². The fourth-order valence-corrected chi connectivity index (χ4v) is 4.58. The van der Waals surface area contributed by atoms with Crippen LogP contribution in [0.2, 0.25) is 0 Å². The Labute approximate surface area is 177 Å². The maximum absolute atomic E-state index is 13.1. The fourth-order valence-electron chi connectivity index (χ4n) is 4.58. The van der Waals surface area contributed by atoms with Gasteiger partial charge in [-0.15, -0.1) is 0 Å². The number of hydrogen-bond acceptors (Lipinski definition) is 6. The second-order valence-corrected chi connectivity index (χ2v) is 8.67. The lowest BCUT2D eigenvalue weighted by Crippen LogP contribution is -2.51. The number of nitrogens with one attached hydrogen (secondary N) is 1. The molecule has 1 unspecified atom stereocenters. The molecule has 1 heterocycles. The minimum atomic E-state index is -0.198. The lowest BCUT2D eigenvalue weighted by atomic mass is 9.59. The smallest absolute Gasteiger partial charge is 0.253 e. The van der Waals surface area contributed by atoms with E-state index >= 15 is 0 Å². The van der Waals surface area contributed by atoms with E-state index in [1.165, 1.54) is 6.20 Å². The Kier molecular flexibility index (Phi) is 6.10. The number of ketones is 1. The molecule has 1 amide bonds. The van der Waals surface area contributed by atoms with E-state index in [-0.39, 0.29) is 29.1 Å². The second kappa shape index (κ2) is 8.42. The first-order valence-electron chi connectivity index (χ1n) is 10.4. The van der Waals surface area contributed by atoms with Crippen molar-refractivity contribution in [1.29, 1.82) is 5.41 Å². The van der Waals surface area contributed by atoms with Crippen LogP contribution in [0.5, 0.6) is 0 Å². The van der Waals surface area contributed by atoms with Crippen LogP contribution in [0.1, 0.15) is 56.0 Å². The van der Waals surface area contributed by atoms with Crippen LogP contribution in [0.15, 0.2) is 35.0 Å². The average molecular weight is 410 g/mol. The monoisotopic (exact) mass is 409 g/mol. The van der Waals surface area contributed by atoms with E-state index in [0.717, 1.165) is 24.6 Å². The number of rotatable bonds is 3. The maximum Gasteiger partial charge on any atom is 0.253 e. The number of allylic oxidation sites excluding steroid dienone is 1. The highest BCUT2D eigenvalue weighted by molar-refractivity contribution is 6.47. The van der Waals surface area contributed by atoms with Crippen LogP contribution in [0, 0.1) is 16.7 Å². The van der Waals surface area contributed by atoms with Gasteiger partial charge in [0, 0.05) is 48.1 Å². The van der Waals surface area contributed by atoms with E-state index in [9.17, 15) is 9.59 Å². The summed E-state index contributed by atoms with van der Waals surface area (Å²) in [6, 6.07) is 5.05. The highest BCUT2D eigenvalue weighted by Crippen LogP contribution is 2.48. The summed E-state index contributed by atoms with van der Waals surface area (Å²) in [5.74, 6) is -0.169. The molecule has 0 radical (unpaired) electrons. The number of likely N-dealkylation sites (tertiary alicyclic amines) is 1. The number of benzene rings is 1. The molecule has 1 aliphatic heterocycles. The standard InChI is InChI=1S/C23H31N5O2/c1-14(2)27-20-18(13-25)11-23(15(3)21(20)29)6-8-28(9-7-23)22(30)16-4-5-19(26)17(10-16)12-24/h4-5,10,12-15,24H,6-9,11,25-26H2,1-3H3. The highest BCUT2D eigenvalue weighted by atomic mass is 16.2. The Morgan fingerprint density at radius 2 is 2.00 bits per heavy atom. The lowest BCUT2D eigenvalue weighted by molar-refractivity contribution is -0.122. The summed E-state index contributed by atoms with van der Waals surface area (Å²) < 4.78 is 0. The van der Waals surface area contributed by atoms with Crippen molar-refractivity contribution in [3.8, 4) is 0 Å². The summed E-state index contributed by atoms with van der Waals surface area (Å²) in [6.07, 6.45) is 4.87. The van der Waals surface area contributed by atoms with Crippen molar-refractivity contribution < 1.29 is 9.59 Å². The first-order chi connectivity index (χ1) is 14.2. The molecule has 0 bridgehead atoms. The van der Waals surface area contributed by atoms with Gasteiger partial charge in [0.05, 0.1) is 0 Å². The number of Topliss-reactive ketones (excluding diaryl/α,β-unsaturated/α-hetero) is 1. The zero-order chi connectivity index (χ0) is 22.1. The molecule has 1 aliphatic carbocycles. The minimum absolute atomic E-state index is 0.0328. The first-order valence-corrected chi connectivity index (χ1v) is 10.4. The minimum Gasteiger partial charge on any atom is -0.404 e. The summed E-state index contributed by atoms with van der Waals surface area (Å²) in [4.78, 5) is 32.4. The van der Waals surface area contributed by atoms with E-state index < -0.39 is 0 Å². The predicted molar refractivity (Wildman–Crippen MR) is 120 cm³/mol. The molecule has 3 rings (SSSR count). The third-order valence-electron chi connectivity index (χ3n) is 6.52. The van der Waals surface area contributed by atoms with E-state index in [1.54, 1.807) is 18.2 Å². The Hall–Kier alpha value is -2.96. The van der Waals surface area contributed by atoms with E-state index in [4.69, 9.17) is 16.9 Å². The van der Waals surface area contributed by atoms with Crippen LogP contribution in [0.3, 0.4) is 0 Å². The van der Waals surface area contributed by atoms with Gasteiger partial charge in [-0.1, -0.05) is 6.92 Å². The lowest BCUT2D eigenvalue weighted by Gasteiger charge is -2.48. The molecule has 1 spiro atoms. The molecule has 1 aromatic rings. The van der Waals surface area contributed by atoms with Crippen molar-refractivity contribution in [3.63, 3.8) is 0 Å². The van der Waals surface area contributed by atoms with Crippen molar-refractivity contribution >= 4 is 29.3 Å². The van der Waals surface area contributed by atoms with Crippen LogP contribution in [0.4, 0.5) is 5.69 Å². The zero-order valence-electron chi connectivity index (χ0n) is 17.9. The second-order valence-electron chi connectivity index (χ2n) is 8.67. The van der Waals surface area contributed by atoms with Gasteiger partial charge < -0.3 is 21.8 Å². The molecule has 30 heavy (non-hydrogen) atoms. The SMILES string of the molecule is CC(C)N=C1C(=O)C(C)C2(CCN(C(=O)c3ccc(N)c(C=N)c3)CC2)CC1=CN. The Morgan fingerprint density at radius 3 is 2.57 bits per heavy atom. The highest BCUT2D eigenvalue weighted by Gasteiger charge is 2.49. The molecule has 0 aromatic heterocycles. The molecule has 1 saturated carbocycles. The molecule has 1 aromatic carbocycles. The molecular formula is C23H31N5O2. The van der Waals surface area contributed by atoms with Crippen LogP contribution in [0.25, 0.3) is 0 Å². The molecular weight excluding hydrogens is 378 g/mol. The van der Waals surface area contributed by atoms with Crippen molar-refractivity contribution in [1.82, 2.24) is 4.90 Å². The number of nitrogens with two attached hydrogens (primary N) is 2. The van der Waals surface area contributed by atoms with Gasteiger partial charge in [0.2, 0.25) is 0 Å². The number of aliphatic imine (C=N–C) groups is 1. The fraction of sp³-hybridized carbons (Fsp3) is 0.478. The van der Waals surface area contributed by atoms with Gasteiger partial charge in [-0.3, -0.25) is 14.6 Å². The van der Waals surface area contributed by atoms with Crippen molar-refractivity contribution in [2.75, 3.05) is 18.8 Å². The normalized spacial score (nSPS) is 24.1. The summed E-state index contributed by atoms with van der Waals surface area (Å²) in [5, 5.41) is 7.45. The van der Waals surface area contributed by atoms with Crippen LogP contribution >= 0.6 is 0 Å². The number of piperidine rings is 1. The van der Waals surface area contributed by atoms with Crippen LogP contribution in [-0.4, -0.2) is 47.6 Å². The summed E-state index contributed by atoms with van der Waals surface area (Å²) in [6.45, 7) is 7.05. The van der Waals surface area contributed by atoms with Gasteiger partial charge in [0.15, 0.2) is 5.78 Å². The number of amides is 1. The summed E-state index contributed by atoms with van der Waals surface area (Å²) in [5.41, 5.74) is 14.4. The number of hydrogen-bond donors (Lipinski definition) is 3. The van der Waals surface area contributed by atoms with Gasteiger partial charge in [0.25, 0.3) is 5.91 Å². The number of carbonyl (C=O) groups is 2. The van der Waals surface area contributed by atoms with Crippen LogP contribution in [-0.2, 0) is 4.79 Å². The van der Waals surface area contributed by atoms with Gasteiger partial charge >= 0.3 is 0 Å². The summed E-state index contributed by atoms with van der Waals surface area (Å²) in [7, 11) is 0. The predicted octanol–water partition coefficient (Wildman–Crippen LogP) is 2.79. The van der Waals surface area contributed by atoms with Crippen LogP contribution < -0.4 is 11.5 Å². The molecule has 1 saturated heterocycles. The summed E-state index contributed by atoms with van der Waals surface area (Å²) >= 11 is 0. The van der Waals surface area contributed by atoms with Gasteiger partial charge in [-0.2, -0.15) is 0 Å².